The first-order valence-electron chi connectivity index (χ1n) is 4.97. The summed E-state index contributed by atoms with van der Waals surface area (Å²) in [4.78, 5) is 13.5. The minimum atomic E-state index is 0.264. The van der Waals surface area contributed by atoms with Crippen molar-refractivity contribution < 1.29 is 4.79 Å². The molecule has 0 aromatic carbocycles. The zero-order valence-electron chi connectivity index (χ0n) is 8.91. The molecule has 0 aliphatic carbocycles. The maximum atomic E-state index is 11.5. The Labute approximate surface area is 85.1 Å². The van der Waals surface area contributed by atoms with Gasteiger partial charge < -0.3 is 4.90 Å². The van der Waals surface area contributed by atoms with E-state index in [1.54, 1.807) is 0 Å². The van der Waals surface area contributed by atoms with Gasteiger partial charge in [-0.2, -0.15) is 0 Å². The van der Waals surface area contributed by atoms with E-state index in [0.29, 0.717) is 18.0 Å². The molecule has 0 aromatic rings. The Kier molecular flexibility index (Phi) is 3.65. The molecule has 1 fully saturated rings. The van der Waals surface area contributed by atoms with Crippen LogP contribution in [0.25, 0.3) is 0 Å². The fraction of sp³-hybridized carbons (Fsp3) is 0.900. The van der Waals surface area contributed by atoms with E-state index in [4.69, 9.17) is 0 Å². The van der Waals surface area contributed by atoms with Gasteiger partial charge >= 0.3 is 0 Å². The molecule has 2 nitrogen and oxygen atoms in total. The topological polar surface area (TPSA) is 20.3 Å². The molecule has 0 bridgehead atoms. The molecule has 1 aliphatic heterocycles. The molecule has 0 spiro atoms. The minimum absolute atomic E-state index is 0.264. The molecule has 1 unspecified atom stereocenters. The molecule has 0 aromatic heterocycles. The predicted molar refractivity (Wildman–Crippen MR) is 58.1 cm³/mol. The number of amides is 1. The van der Waals surface area contributed by atoms with E-state index >= 15 is 0 Å². The Balaban J connectivity index is 2.59. The van der Waals surface area contributed by atoms with Gasteiger partial charge in [0, 0.05) is 17.8 Å². The summed E-state index contributed by atoms with van der Waals surface area (Å²) >= 11 is 1.47. The summed E-state index contributed by atoms with van der Waals surface area (Å²) in [7, 11) is 0. The molecular weight excluding hydrogens is 182 g/mol. The van der Waals surface area contributed by atoms with Crippen LogP contribution in [-0.2, 0) is 0 Å². The van der Waals surface area contributed by atoms with Gasteiger partial charge in [-0.05, 0) is 26.2 Å². The maximum absolute atomic E-state index is 11.5. The number of thioether (sulfide) groups is 1. The average Bonchev–Trinajstić information content (AvgIpc) is 2.30. The number of hydrogen-bond acceptors (Lipinski definition) is 2. The van der Waals surface area contributed by atoms with Gasteiger partial charge in [0.15, 0.2) is 0 Å². The van der Waals surface area contributed by atoms with Crippen molar-refractivity contribution in [3.63, 3.8) is 0 Å². The van der Waals surface area contributed by atoms with Crippen LogP contribution < -0.4 is 0 Å². The van der Waals surface area contributed by atoms with Gasteiger partial charge in [0.1, 0.15) is 0 Å². The van der Waals surface area contributed by atoms with Crippen LogP contribution in [0.4, 0.5) is 4.79 Å². The van der Waals surface area contributed by atoms with E-state index in [-0.39, 0.29) is 5.24 Å². The largest absolute Gasteiger partial charge is 0.327 e. The van der Waals surface area contributed by atoms with Crippen molar-refractivity contribution in [2.24, 2.45) is 5.92 Å². The van der Waals surface area contributed by atoms with Gasteiger partial charge in [0.25, 0.3) is 5.24 Å². The summed E-state index contributed by atoms with van der Waals surface area (Å²) in [6.07, 6.45) is 1.14. The van der Waals surface area contributed by atoms with Crippen molar-refractivity contribution in [1.29, 1.82) is 0 Å². The highest BCUT2D eigenvalue weighted by molar-refractivity contribution is 8.13. The van der Waals surface area contributed by atoms with Crippen molar-refractivity contribution in [3.8, 4) is 0 Å². The fourth-order valence-electron chi connectivity index (χ4n) is 1.83. The normalized spacial score (nSPS) is 23.7. The molecule has 1 aliphatic rings. The van der Waals surface area contributed by atoms with Gasteiger partial charge in [-0.15, -0.1) is 0 Å². The van der Waals surface area contributed by atoms with Crippen LogP contribution >= 0.6 is 11.8 Å². The number of carbonyl (C=O) groups excluding carboxylic acids is 1. The van der Waals surface area contributed by atoms with Crippen molar-refractivity contribution in [1.82, 2.24) is 4.90 Å². The Morgan fingerprint density at radius 2 is 2.08 bits per heavy atom. The Morgan fingerprint density at radius 3 is 2.54 bits per heavy atom. The molecule has 1 heterocycles. The first kappa shape index (κ1) is 10.9. The second-order valence-corrected chi connectivity index (χ2v) is 5.33. The van der Waals surface area contributed by atoms with Crippen molar-refractivity contribution in [3.05, 3.63) is 0 Å². The van der Waals surface area contributed by atoms with E-state index in [2.05, 4.69) is 27.7 Å². The van der Waals surface area contributed by atoms with Crippen molar-refractivity contribution in [2.45, 2.75) is 46.2 Å². The van der Waals surface area contributed by atoms with Crippen LogP contribution in [0, 0.1) is 5.92 Å². The first-order valence-corrected chi connectivity index (χ1v) is 5.96. The van der Waals surface area contributed by atoms with Gasteiger partial charge in [-0.1, -0.05) is 25.6 Å². The minimum Gasteiger partial charge on any atom is -0.327 e. The van der Waals surface area contributed by atoms with Crippen molar-refractivity contribution in [2.75, 3.05) is 5.75 Å². The molecule has 13 heavy (non-hydrogen) atoms. The first-order chi connectivity index (χ1) is 6.02. The number of carbonyl (C=O) groups is 1. The molecule has 76 valence electrons. The summed E-state index contributed by atoms with van der Waals surface area (Å²) in [5.74, 6) is 1.66. The SMILES string of the molecule is CC(C)CC1CSC(=O)N1C(C)C. The quantitative estimate of drug-likeness (QED) is 0.699. The van der Waals surface area contributed by atoms with E-state index in [9.17, 15) is 4.79 Å². The molecule has 0 saturated carbocycles. The summed E-state index contributed by atoms with van der Waals surface area (Å²) in [5, 5.41) is 0.264. The fourth-order valence-corrected chi connectivity index (χ4v) is 2.97. The molecule has 1 saturated heterocycles. The zero-order valence-corrected chi connectivity index (χ0v) is 9.73. The third-order valence-corrected chi connectivity index (χ3v) is 3.31. The van der Waals surface area contributed by atoms with Gasteiger partial charge in [-0.3, -0.25) is 4.79 Å². The third kappa shape index (κ3) is 2.63. The highest BCUT2D eigenvalue weighted by Crippen LogP contribution is 2.29. The van der Waals surface area contributed by atoms with E-state index < -0.39 is 0 Å². The average molecular weight is 201 g/mol. The lowest BCUT2D eigenvalue weighted by atomic mass is 10.0. The lowest BCUT2D eigenvalue weighted by Gasteiger charge is -2.28. The smallest absolute Gasteiger partial charge is 0.282 e. The van der Waals surface area contributed by atoms with E-state index in [1.807, 2.05) is 4.90 Å². The Hall–Kier alpha value is -0.180. The molecular formula is C10H19NOS. The van der Waals surface area contributed by atoms with Crippen LogP contribution in [0.15, 0.2) is 0 Å². The molecule has 1 rings (SSSR count). The zero-order chi connectivity index (χ0) is 10.0. The monoisotopic (exact) mass is 201 g/mol. The summed E-state index contributed by atoms with van der Waals surface area (Å²) in [6.45, 7) is 8.62. The van der Waals surface area contributed by atoms with E-state index in [0.717, 1.165) is 12.2 Å². The van der Waals surface area contributed by atoms with Crippen LogP contribution in [0.5, 0.6) is 0 Å². The number of rotatable bonds is 3. The second kappa shape index (κ2) is 4.36. The lowest BCUT2D eigenvalue weighted by molar-refractivity contribution is 0.182. The highest BCUT2D eigenvalue weighted by atomic mass is 32.2. The number of nitrogens with zero attached hydrogens (tertiary/aromatic N) is 1. The summed E-state index contributed by atoms with van der Waals surface area (Å²) < 4.78 is 0. The second-order valence-electron chi connectivity index (χ2n) is 4.36. The maximum Gasteiger partial charge on any atom is 0.282 e. The lowest BCUT2D eigenvalue weighted by Crippen LogP contribution is -2.39. The molecule has 3 heteroatoms. The number of hydrogen-bond donors (Lipinski definition) is 0. The van der Waals surface area contributed by atoms with Gasteiger partial charge in [0.2, 0.25) is 0 Å². The summed E-state index contributed by atoms with van der Waals surface area (Å²) in [5.41, 5.74) is 0. The predicted octanol–water partition coefficient (Wildman–Crippen LogP) is 2.98. The Bertz CT molecular complexity index is 191. The van der Waals surface area contributed by atoms with Crippen molar-refractivity contribution >= 4 is 17.0 Å². The summed E-state index contributed by atoms with van der Waals surface area (Å²) in [6, 6.07) is 0.823. The molecule has 0 N–H and O–H groups in total. The third-order valence-electron chi connectivity index (χ3n) is 2.30. The molecule has 1 atom stereocenters. The van der Waals surface area contributed by atoms with Crippen LogP contribution in [0.2, 0.25) is 0 Å². The Morgan fingerprint density at radius 1 is 1.46 bits per heavy atom. The van der Waals surface area contributed by atoms with E-state index in [1.165, 1.54) is 11.8 Å². The van der Waals surface area contributed by atoms with Crippen LogP contribution in [0.3, 0.4) is 0 Å². The van der Waals surface area contributed by atoms with Gasteiger partial charge in [-0.25, -0.2) is 0 Å². The van der Waals surface area contributed by atoms with Crippen LogP contribution in [0.1, 0.15) is 34.1 Å². The highest BCUT2D eigenvalue weighted by Gasteiger charge is 2.33. The molecule has 1 amide bonds. The molecule has 0 radical (unpaired) electrons. The van der Waals surface area contributed by atoms with Crippen LogP contribution in [-0.4, -0.2) is 28.0 Å². The van der Waals surface area contributed by atoms with Gasteiger partial charge in [0.05, 0.1) is 0 Å². The standard InChI is InChI=1S/C10H19NOS/c1-7(2)5-9-6-13-10(12)11(9)8(3)4/h7-9H,5-6H2,1-4H3.